The van der Waals surface area contributed by atoms with E-state index in [0.717, 1.165) is 25.7 Å². The molecule has 1 N–H and O–H groups in total. The van der Waals surface area contributed by atoms with E-state index in [2.05, 4.69) is 0 Å². The Hall–Kier alpha value is -1.66. The number of fused-ring (bicyclic) bond motifs is 1. The first-order valence-corrected chi connectivity index (χ1v) is 7.77. The minimum atomic E-state index is -0.526. The van der Waals surface area contributed by atoms with Gasteiger partial charge in [0.2, 0.25) is 0 Å². The lowest BCUT2D eigenvalue weighted by molar-refractivity contribution is -0.384. The number of hydrogen-bond acceptors (Lipinski definition) is 4. The van der Waals surface area contributed by atoms with Crippen molar-refractivity contribution in [1.82, 2.24) is 4.90 Å². The van der Waals surface area contributed by atoms with Gasteiger partial charge < -0.3 is 10.0 Å². The predicted molar refractivity (Wildman–Crippen MR) is 80.8 cm³/mol. The van der Waals surface area contributed by atoms with Gasteiger partial charge in [-0.1, -0.05) is 11.6 Å². The number of rotatable bonds is 3. The minimum Gasteiger partial charge on any atom is -0.396 e. The van der Waals surface area contributed by atoms with Crippen molar-refractivity contribution in [2.45, 2.75) is 38.3 Å². The molecule has 7 heteroatoms. The minimum absolute atomic E-state index is 0.00272. The van der Waals surface area contributed by atoms with E-state index in [1.54, 1.807) is 4.90 Å². The molecule has 0 atom stereocenters. The first-order valence-electron chi connectivity index (χ1n) is 7.40. The van der Waals surface area contributed by atoms with Crippen molar-refractivity contribution < 1.29 is 14.8 Å². The molecule has 1 amide bonds. The van der Waals surface area contributed by atoms with Crippen molar-refractivity contribution in [2.24, 2.45) is 5.92 Å². The fourth-order valence-corrected chi connectivity index (χ4v) is 3.65. The first-order chi connectivity index (χ1) is 10.5. The van der Waals surface area contributed by atoms with Crippen LogP contribution in [0.15, 0.2) is 12.1 Å². The van der Waals surface area contributed by atoms with Crippen LogP contribution in [0.1, 0.15) is 41.6 Å². The maximum atomic E-state index is 12.5. The molecular weight excluding hydrogens is 308 g/mol. The SMILES string of the molecule is O=C1c2cc(Cl)c([N+](=O)[O-])cc2CN1[C@H]1CC[C@H](CO)CC1. The summed E-state index contributed by atoms with van der Waals surface area (Å²) in [5, 5.41) is 20.1. The second kappa shape index (κ2) is 5.85. The number of carbonyl (C=O) groups excluding carboxylic acids is 1. The van der Waals surface area contributed by atoms with E-state index in [1.807, 2.05) is 0 Å². The van der Waals surface area contributed by atoms with Crippen LogP contribution in [0.3, 0.4) is 0 Å². The van der Waals surface area contributed by atoms with Gasteiger partial charge in [0.25, 0.3) is 11.6 Å². The Kier molecular flexibility index (Phi) is 4.06. The lowest BCUT2D eigenvalue weighted by atomic mass is 9.86. The summed E-state index contributed by atoms with van der Waals surface area (Å²) in [6.07, 6.45) is 3.53. The molecule has 6 nitrogen and oxygen atoms in total. The predicted octanol–water partition coefficient (Wildman–Crippen LogP) is 2.76. The summed E-state index contributed by atoms with van der Waals surface area (Å²) in [6, 6.07) is 2.96. The van der Waals surface area contributed by atoms with Gasteiger partial charge >= 0.3 is 0 Å². The van der Waals surface area contributed by atoms with Crippen LogP contribution < -0.4 is 0 Å². The Morgan fingerprint density at radius 1 is 1.32 bits per heavy atom. The molecule has 1 aromatic rings. The van der Waals surface area contributed by atoms with Gasteiger partial charge in [0.15, 0.2) is 0 Å². The van der Waals surface area contributed by atoms with Crippen molar-refractivity contribution in [1.29, 1.82) is 0 Å². The average Bonchev–Trinajstić information content (AvgIpc) is 2.83. The van der Waals surface area contributed by atoms with E-state index in [1.165, 1.54) is 12.1 Å². The molecule has 0 saturated heterocycles. The maximum absolute atomic E-state index is 12.5. The second-order valence-corrected chi connectivity index (χ2v) is 6.42. The number of amides is 1. The summed E-state index contributed by atoms with van der Waals surface area (Å²) in [5.41, 5.74) is 0.990. The van der Waals surface area contributed by atoms with Gasteiger partial charge in [-0.25, -0.2) is 0 Å². The Bertz CT molecular complexity index is 626. The van der Waals surface area contributed by atoms with E-state index in [9.17, 15) is 20.0 Å². The van der Waals surface area contributed by atoms with Crippen LogP contribution in [0.5, 0.6) is 0 Å². The van der Waals surface area contributed by atoms with Crippen molar-refractivity contribution in [3.8, 4) is 0 Å². The zero-order chi connectivity index (χ0) is 15.9. The van der Waals surface area contributed by atoms with Crippen LogP contribution in [0, 0.1) is 16.0 Å². The van der Waals surface area contributed by atoms with Crippen molar-refractivity contribution in [3.63, 3.8) is 0 Å². The number of aliphatic hydroxyl groups excluding tert-OH is 1. The molecule has 3 rings (SSSR count). The van der Waals surface area contributed by atoms with E-state index in [4.69, 9.17) is 11.6 Å². The highest BCUT2D eigenvalue weighted by Crippen LogP contribution is 2.36. The topological polar surface area (TPSA) is 83.7 Å². The van der Waals surface area contributed by atoms with Crippen LogP contribution in [0.25, 0.3) is 0 Å². The summed E-state index contributed by atoms with van der Waals surface area (Å²) in [5.74, 6) is 0.228. The highest BCUT2D eigenvalue weighted by molar-refractivity contribution is 6.33. The molecule has 0 aromatic heterocycles. The van der Waals surface area contributed by atoms with Crippen LogP contribution in [-0.4, -0.2) is 33.5 Å². The number of nitrogens with zero attached hydrogens (tertiary/aromatic N) is 2. The van der Waals surface area contributed by atoms with Crippen LogP contribution in [0.4, 0.5) is 5.69 Å². The summed E-state index contributed by atoms with van der Waals surface area (Å²) in [7, 11) is 0. The molecule has 118 valence electrons. The van der Waals surface area contributed by atoms with Gasteiger partial charge in [-0.2, -0.15) is 0 Å². The molecule has 0 spiro atoms. The number of benzene rings is 1. The molecule has 22 heavy (non-hydrogen) atoms. The van der Waals surface area contributed by atoms with Gasteiger partial charge in [-0.15, -0.1) is 0 Å². The standard InChI is InChI=1S/C15H17ClN2O4/c16-13-6-12-10(5-14(13)18(21)22)7-17(15(12)20)11-3-1-9(8-19)2-4-11/h5-6,9,11,19H,1-4,7-8H2/t9-,11-. The summed E-state index contributed by atoms with van der Waals surface area (Å²) in [6.45, 7) is 0.601. The average molecular weight is 325 g/mol. The van der Waals surface area contributed by atoms with Crippen molar-refractivity contribution in [2.75, 3.05) is 6.61 Å². The Balaban J connectivity index is 1.81. The third kappa shape index (κ3) is 2.57. The third-order valence-electron chi connectivity index (χ3n) is 4.72. The molecule has 1 saturated carbocycles. The molecule has 1 aliphatic carbocycles. The van der Waals surface area contributed by atoms with Crippen molar-refractivity contribution in [3.05, 3.63) is 38.4 Å². The molecule has 1 aromatic carbocycles. The first kappa shape index (κ1) is 15.2. The van der Waals surface area contributed by atoms with Crippen LogP contribution in [0.2, 0.25) is 5.02 Å². The fraction of sp³-hybridized carbons (Fsp3) is 0.533. The molecule has 0 unspecified atom stereocenters. The molecule has 1 heterocycles. The molecule has 1 aliphatic heterocycles. The Morgan fingerprint density at radius 3 is 2.59 bits per heavy atom. The smallest absolute Gasteiger partial charge is 0.288 e. The third-order valence-corrected chi connectivity index (χ3v) is 5.02. The highest BCUT2D eigenvalue weighted by Gasteiger charge is 2.36. The van der Waals surface area contributed by atoms with Gasteiger partial charge in [0.1, 0.15) is 5.02 Å². The normalized spacial score (nSPS) is 24.5. The molecule has 0 radical (unpaired) electrons. The lowest BCUT2D eigenvalue weighted by Gasteiger charge is -2.33. The van der Waals surface area contributed by atoms with Crippen molar-refractivity contribution >= 4 is 23.2 Å². The maximum Gasteiger partial charge on any atom is 0.288 e. The largest absolute Gasteiger partial charge is 0.396 e. The number of nitro benzene ring substituents is 1. The summed E-state index contributed by atoms with van der Waals surface area (Å²) in [4.78, 5) is 24.7. The number of halogens is 1. The van der Waals surface area contributed by atoms with E-state index < -0.39 is 4.92 Å². The zero-order valence-electron chi connectivity index (χ0n) is 12.0. The zero-order valence-corrected chi connectivity index (χ0v) is 12.8. The number of hydrogen-bond donors (Lipinski definition) is 1. The van der Waals surface area contributed by atoms with E-state index >= 15 is 0 Å². The Morgan fingerprint density at radius 2 is 2.00 bits per heavy atom. The highest BCUT2D eigenvalue weighted by atomic mass is 35.5. The monoisotopic (exact) mass is 324 g/mol. The van der Waals surface area contributed by atoms with Gasteiger partial charge in [-0.3, -0.25) is 14.9 Å². The van der Waals surface area contributed by atoms with Gasteiger partial charge in [0, 0.05) is 30.8 Å². The molecule has 2 aliphatic rings. The summed E-state index contributed by atoms with van der Waals surface area (Å²) >= 11 is 5.90. The van der Waals surface area contributed by atoms with E-state index in [-0.39, 0.29) is 29.3 Å². The fourth-order valence-electron chi connectivity index (χ4n) is 3.42. The number of nitro groups is 1. The molecular formula is C15H17ClN2O4. The lowest BCUT2D eigenvalue weighted by Crippen LogP contribution is -2.38. The van der Waals surface area contributed by atoms with Crippen LogP contribution in [-0.2, 0) is 6.54 Å². The quantitative estimate of drug-likeness (QED) is 0.684. The van der Waals surface area contributed by atoms with Crippen LogP contribution >= 0.6 is 11.6 Å². The van der Waals surface area contributed by atoms with Gasteiger partial charge in [0.05, 0.1) is 4.92 Å². The second-order valence-electron chi connectivity index (χ2n) is 6.01. The van der Waals surface area contributed by atoms with Gasteiger partial charge in [-0.05, 0) is 43.2 Å². The summed E-state index contributed by atoms with van der Waals surface area (Å²) < 4.78 is 0. The number of aliphatic hydroxyl groups is 1. The Labute approximate surface area is 132 Å². The molecule has 0 bridgehead atoms. The van der Waals surface area contributed by atoms with E-state index in [0.29, 0.717) is 23.6 Å². The number of carbonyl (C=O) groups is 1. The molecule has 1 fully saturated rings.